The van der Waals surface area contributed by atoms with E-state index in [1.807, 2.05) is 6.92 Å². The van der Waals surface area contributed by atoms with Gasteiger partial charge in [0.15, 0.2) is 0 Å². The molecular formula is C13H18F2N2O2S. The molecule has 1 aromatic rings. The summed E-state index contributed by atoms with van der Waals surface area (Å²) in [6, 6.07) is 2.46. The molecular weight excluding hydrogens is 286 g/mol. The molecule has 2 atom stereocenters. The summed E-state index contributed by atoms with van der Waals surface area (Å²) in [6.07, 6.45) is 2.10. The molecule has 2 rings (SSSR count). The van der Waals surface area contributed by atoms with E-state index >= 15 is 0 Å². The van der Waals surface area contributed by atoms with E-state index in [1.54, 1.807) is 0 Å². The number of piperidine rings is 1. The van der Waals surface area contributed by atoms with Gasteiger partial charge in [-0.15, -0.1) is 0 Å². The lowest BCUT2D eigenvalue weighted by Gasteiger charge is -2.30. The monoisotopic (exact) mass is 304 g/mol. The van der Waals surface area contributed by atoms with Crippen molar-refractivity contribution < 1.29 is 17.2 Å². The topological polar surface area (TPSA) is 58.2 Å². The summed E-state index contributed by atoms with van der Waals surface area (Å²) in [5, 5.41) is 3.24. The van der Waals surface area contributed by atoms with E-state index in [0.29, 0.717) is 12.0 Å². The zero-order valence-corrected chi connectivity index (χ0v) is 12.0. The summed E-state index contributed by atoms with van der Waals surface area (Å²) in [6.45, 7) is 3.09. The number of sulfonamides is 1. The average molecular weight is 304 g/mol. The Hall–Kier alpha value is -1.05. The van der Waals surface area contributed by atoms with Crippen LogP contribution >= 0.6 is 0 Å². The predicted molar refractivity (Wildman–Crippen MR) is 71.7 cm³/mol. The van der Waals surface area contributed by atoms with Gasteiger partial charge in [0, 0.05) is 18.7 Å². The number of rotatable bonds is 4. The molecule has 1 saturated heterocycles. The van der Waals surface area contributed by atoms with Crippen LogP contribution in [0.4, 0.5) is 8.78 Å². The lowest BCUT2D eigenvalue weighted by atomic mass is 9.93. The molecule has 0 amide bonds. The van der Waals surface area contributed by atoms with Crippen molar-refractivity contribution in [3.63, 3.8) is 0 Å². The van der Waals surface area contributed by atoms with Crippen LogP contribution in [0.1, 0.15) is 19.8 Å². The summed E-state index contributed by atoms with van der Waals surface area (Å²) >= 11 is 0. The third-order valence-electron chi connectivity index (χ3n) is 3.61. The molecule has 2 unspecified atom stereocenters. The third kappa shape index (κ3) is 3.53. The van der Waals surface area contributed by atoms with Gasteiger partial charge in [-0.1, -0.05) is 6.92 Å². The van der Waals surface area contributed by atoms with Crippen molar-refractivity contribution in [1.29, 1.82) is 0 Å². The molecule has 0 radical (unpaired) electrons. The molecule has 2 N–H and O–H groups in total. The summed E-state index contributed by atoms with van der Waals surface area (Å²) in [5.74, 6) is -1.53. The molecule has 0 saturated carbocycles. The van der Waals surface area contributed by atoms with Gasteiger partial charge in [-0.05, 0) is 37.4 Å². The van der Waals surface area contributed by atoms with Gasteiger partial charge in [-0.25, -0.2) is 21.9 Å². The second kappa shape index (κ2) is 6.15. The highest BCUT2D eigenvalue weighted by atomic mass is 32.2. The molecule has 0 aromatic heterocycles. The van der Waals surface area contributed by atoms with Crippen LogP contribution < -0.4 is 10.0 Å². The maximum absolute atomic E-state index is 13.5. The first-order valence-corrected chi connectivity index (χ1v) is 8.06. The van der Waals surface area contributed by atoms with E-state index in [4.69, 9.17) is 0 Å². The largest absolute Gasteiger partial charge is 0.312 e. The van der Waals surface area contributed by atoms with Crippen molar-refractivity contribution >= 4 is 10.0 Å². The van der Waals surface area contributed by atoms with Crippen molar-refractivity contribution in [2.24, 2.45) is 5.92 Å². The van der Waals surface area contributed by atoms with Crippen molar-refractivity contribution in [3.05, 3.63) is 29.8 Å². The van der Waals surface area contributed by atoms with Crippen molar-refractivity contribution in [2.45, 2.75) is 30.7 Å². The molecule has 1 aromatic carbocycles. The maximum Gasteiger partial charge on any atom is 0.243 e. The molecule has 0 bridgehead atoms. The average Bonchev–Trinajstić information content (AvgIpc) is 2.37. The van der Waals surface area contributed by atoms with E-state index in [-0.39, 0.29) is 12.6 Å². The Balaban J connectivity index is 2.07. The van der Waals surface area contributed by atoms with Gasteiger partial charge >= 0.3 is 0 Å². The molecule has 1 aliphatic heterocycles. The lowest BCUT2D eigenvalue weighted by Crippen LogP contribution is -2.47. The molecule has 1 heterocycles. The first kappa shape index (κ1) is 15.3. The van der Waals surface area contributed by atoms with Gasteiger partial charge in [0.25, 0.3) is 0 Å². The Bertz CT molecular complexity index is 578. The van der Waals surface area contributed by atoms with E-state index in [1.165, 1.54) is 0 Å². The molecule has 7 heteroatoms. The quantitative estimate of drug-likeness (QED) is 0.889. The third-order valence-corrected chi connectivity index (χ3v) is 5.06. The summed E-state index contributed by atoms with van der Waals surface area (Å²) in [7, 11) is -3.96. The van der Waals surface area contributed by atoms with E-state index in [2.05, 4.69) is 10.0 Å². The standard InChI is InChI=1S/C13H18F2N2O2S/c1-9-3-2-6-16-12(9)8-17-20(18,19)13-5-4-10(14)7-11(13)15/h4-5,7,9,12,16-17H,2-3,6,8H2,1H3. The second-order valence-electron chi connectivity index (χ2n) is 5.11. The first-order chi connectivity index (χ1) is 9.40. The number of nitrogens with one attached hydrogen (secondary N) is 2. The van der Waals surface area contributed by atoms with Crippen molar-refractivity contribution in [3.8, 4) is 0 Å². The van der Waals surface area contributed by atoms with E-state index in [9.17, 15) is 17.2 Å². The predicted octanol–water partition coefficient (Wildman–Crippen LogP) is 1.63. The number of benzene rings is 1. The zero-order chi connectivity index (χ0) is 14.8. The van der Waals surface area contributed by atoms with Gasteiger partial charge < -0.3 is 5.32 Å². The Kier molecular flexibility index (Phi) is 4.72. The Labute approximate surface area is 117 Å². The smallest absolute Gasteiger partial charge is 0.243 e. The van der Waals surface area contributed by atoms with E-state index in [0.717, 1.165) is 31.5 Å². The number of hydrogen-bond donors (Lipinski definition) is 2. The van der Waals surface area contributed by atoms with Crippen LogP contribution in [0.3, 0.4) is 0 Å². The fourth-order valence-electron chi connectivity index (χ4n) is 2.36. The van der Waals surface area contributed by atoms with Gasteiger partial charge in [0.1, 0.15) is 16.5 Å². The van der Waals surface area contributed by atoms with Crippen LogP contribution in [0.25, 0.3) is 0 Å². The summed E-state index contributed by atoms with van der Waals surface area (Å²) in [5.41, 5.74) is 0. The van der Waals surface area contributed by atoms with Crippen LogP contribution in [0, 0.1) is 17.6 Å². The minimum atomic E-state index is -3.96. The normalized spacial score (nSPS) is 23.8. The van der Waals surface area contributed by atoms with Crippen molar-refractivity contribution in [1.82, 2.24) is 10.0 Å². The SMILES string of the molecule is CC1CCCNC1CNS(=O)(=O)c1ccc(F)cc1F. The highest BCUT2D eigenvalue weighted by Crippen LogP contribution is 2.17. The fourth-order valence-corrected chi connectivity index (χ4v) is 3.47. The highest BCUT2D eigenvalue weighted by molar-refractivity contribution is 7.89. The molecule has 1 fully saturated rings. The fraction of sp³-hybridized carbons (Fsp3) is 0.538. The highest BCUT2D eigenvalue weighted by Gasteiger charge is 2.25. The number of hydrogen-bond acceptors (Lipinski definition) is 3. The molecule has 0 spiro atoms. The number of halogens is 2. The van der Waals surface area contributed by atoms with E-state index < -0.39 is 26.6 Å². The van der Waals surface area contributed by atoms with Gasteiger partial charge in [0.05, 0.1) is 0 Å². The van der Waals surface area contributed by atoms with Gasteiger partial charge in [-0.3, -0.25) is 0 Å². The minimum Gasteiger partial charge on any atom is -0.312 e. The first-order valence-electron chi connectivity index (χ1n) is 6.58. The van der Waals surface area contributed by atoms with Crippen LogP contribution in [0.5, 0.6) is 0 Å². The van der Waals surface area contributed by atoms with Crippen molar-refractivity contribution in [2.75, 3.05) is 13.1 Å². The van der Waals surface area contributed by atoms with Gasteiger partial charge in [-0.2, -0.15) is 0 Å². The molecule has 4 nitrogen and oxygen atoms in total. The summed E-state index contributed by atoms with van der Waals surface area (Å²) in [4.78, 5) is -0.526. The summed E-state index contributed by atoms with van der Waals surface area (Å²) < 4.78 is 52.7. The molecule has 0 aliphatic carbocycles. The zero-order valence-electron chi connectivity index (χ0n) is 11.2. The molecule has 112 valence electrons. The van der Waals surface area contributed by atoms with Crippen LogP contribution in [-0.2, 0) is 10.0 Å². The van der Waals surface area contributed by atoms with Crippen LogP contribution in [-0.4, -0.2) is 27.5 Å². The Morgan fingerprint density at radius 1 is 1.40 bits per heavy atom. The lowest BCUT2D eigenvalue weighted by molar-refractivity contribution is 0.300. The molecule has 1 aliphatic rings. The maximum atomic E-state index is 13.5. The van der Waals surface area contributed by atoms with Gasteiger partial charge in [0.2, 0.25) is 10.0 Å². The second-order valence-corrected chi connectivity index (χ2v) is 6.84. The minimum absolute atomic E-state index is 0.0297. The Morgan fingerprint density at radius 3 is 2.80 bits per heavy atom. The molecule has 20 heavy (non-hydrogen) atoms. The van der Waals surface area contributed by atoms with Crippen LogP contribution in [0.15, 0.2) is 23.1 Å². The Morgan fingerprint density at radius 2 is 2.15 bits per heavy atom. The van der Waals surface area contributed by atoms with Crippen LogP contribution in [0.2, 0.25) is 0 Å².